The van der Waals surface area contributed by atoms with Crippen LogP contribution in [0, 0.1) is 11.6 Å². The molecule has 1 atom stereocenters. The first-order valence-corrected chi connectivity index (χ1v) is 7.31. The lowest BCUT2D eigenvalue weighted by Gasteiger charge is -2.17. The molecule has 0 spiro atoms. The predicted molar refractivity (Wildman–Crippen MR) is 77.5 cm³/mol. The molecule has 0 amide bonds. The third kappa shape index (κ3) is 3.67. The number of hydrogen-bond acceptors (Lipinski definition) is 2. The molecule has 2 aromatic rings. The molecule has 0 saturated heterocycles. The molecule has 0 aliphatic carbocycles. The maximum atomic E-state index is 13.8. The van der Waals surface area contributed by atoms with Crippen molar-refractivity contribution in [3.8, 4) is 0 Å². The summed E-state index contributed by atoms with van der Waals surface area (Å²) in [6.07, 6.45) is 2.94. The molecular formula is C15H16BrF2NO. The van der Waals surface area contributed by atoms with E-state index >= 15 is 0 Å². The first kappa shape index (κ1) is 15.2. The van der Waals surface area contributed by atoms with Crippen molar-refractivity contribution < 1.29 is 13.2 Å². The molecule has 5 heteroatoms. The van der Waals surface area contributed by atoms with Crippen LogP contribution < -0.4 is 5.32 Å². The second kappa shape index (κ2) is 6.99. The fraction of sp³-hybridized carbons (Fsp3) is 0.333. The van der Waals surface area contributed by atoms with Crippen LogP contribution >= 0.6 is 15.9 Å². The lowest BCUT2D eigenvalue weighted by molar-refractivity contribution is 0.404. The molecule has 0 fully saturated rings. The third-order valence-electron chi connectivity index (χ3n) is 3.04. The maximum Gasteiger partial charge on any atom is 0.135 e. The summed E-state index contributed by atoms with van der Waals surface area (Å²) in [6.45, 7) is 2.85. The summed E-state index contributed by atoms with van der Waals surface area (Å²) in [5.74, 6) is -0.373. The highest BCUT2D eigenvalue weighted by Crippen LogP contribution is 2.28. The zero-order valence-corrected chi connectivity index (χ0v) is 12.7. The minimum Gasteiger partial charge on any atom is -0.466 e. The summed E-state index contributed by atoms with van der Waals surface area (Å²) < 4.78 is 33.0. The predicted octanol–water partition coefficient (Wildman–Crippen LogP) is 4.60. The largest absolute Gasteiger partial charge is 0.466 e. The van der Waals surface area contributed by atoms with Gasteiger partial charge in [-0.1, -0.05) is 13.0 Å². The Bertz CT molecular complexity index is 571. The average Bonchev–Trinajstić information content (AvgIpc) is 2.83. The van der Waals surface area contributed by atoms with E-state index in [-0.39, 0.29) is 6.04 Å². The number of nitrogens with one attached hydrogen (secondary N) is 1. The molecule has 2 nitrogen and oxygen atoms in total. The number of rotatable bonds is 6. The lowest BCUT2D eigenvalue weighted by Crippen LogP contribution is -2.24. The van der Waals surface area contributed by atoms with Gasteiger partial charge in [-0.25, -0.2) is 8.78 Å². The van der Waals surface area contributed by atoms with Crippen molar-refractivity contribution in [1.82, 2.24) is 5.32 Å². The molecule has 0 radical (unpaired) electrons. The van der Waals surface area contributed by atoms with Gasteiger partial charge in [0, 0.05) is 6.07 Å². The SMILES string of the molecule is CCCNC(Cc1ccc(F)cc1F)c1occc1Br. The number of benzene rings is 1. The van der Waals surface area contributed by atoms with Crippen molar-refractivity contribution in [1.29, 1.82) is 0 Å². The van der Waals surface area contributed by atoms with Gasteiger partial charge in [-0.2, -0.15) is 0 Å². The van der Waals surface area contributed by atoms with Crippen LogP contribution in [0.1, 0.15) is 30.7 Å². The number of halogens is 3. The molecular weight excluding hydrogens is 328 g/mol. The molecule has 0 bridgehead atoms. The van der Waals surface area contributed by atoms with Crippen molar-refractivity contribution in [2.75, 3.05) is 6.54 Å². The van der Waals surface area contributed by atoms with E-state index in [1.54, 1.807) is 12.3 Å². The Morgan fingerprint density at radius 3 is 2.70 bits per heavy atom. The summed E-state index contributed by atoms with van der Waals surface area (Å²) in [6, 6.07) is 5.30. The van der Waals surface area contributed by atoms with Gasteiger partial charge in [-0.3, -0.25) is 0 Å². The summed E-state index contributed by atoms with van der Waals surface area (Å²) in [5, 5.41) is 3.32. The van der Waals surface area contributed by atoms with Crippen molar-refractivity contribution >= 4 is 15.9 Å². The van der Waals surface area contributed by atoms with Crippen LogP contribution in [0.3, 0.4) is 0 Å². The highest BCUT2D eigenvalue weighted by molar-refractivity contribution is 9.10. The van der Waals surface area contributed by atoms with Crippen LogP contribution in [0.25, 0.3) is 0 Å². The lowest BCUT2D eigenvalue weighted by atomic mass is 10.0. The molecule has 1 aromatic heterocycles. The van der Waals surface area contributed by atoms with E-state index in [4.69, 9.17) is 4.42 Å². The van der Waals surface area contributed by atoms with Gasteiger partial charge in [0.2, 0.25) is 0 Å². The fourth-order valence-electron chi connectivity index (χ4n) is 2.04. The molecule has 108 valence electrons. The Morgan fingerprint density at radius 1 is 1.30 bits per heavy atom. The fourth-order valence-corrected chi connectivity index (χ4v) is 2.52. The van der Waals surface area contributed by atoms with E-state index in [0.717, 1.165) is 29.3 Å². The zero-order chi connectivity index (χ0) is 14.5. The summed E-state index contributed by atoms with van der Waals surface area (Å²) in [5.41, 5.74) is 0.461. The van der Waals surface area contributed by atoms with Crippen molar-refractivity contribution in [2.24, 2.45) is 0 Å². The van der Waals surface area contributed by atoms with Gasteiger partial charge in [0.15, 0.2) is 0 Å². The van der Waals surface area contributed by atoms with Gasteiger partial charge >= 0.3 is 0 Å². The first-order chi connectivity index (χ1) is 9.61. The molecule has 2 rings (SSSR count). The van der Waals surface area contributed by atoms with Gasteiger partial charge in [0.25, 0.3) is 0 Å². The normalized spacial score (nSPS) is 12.6. The third-order valence-corrected chi connectivity index (χ3v) is 3.70. The minimum atomic E-state index is -0.566. The molecule has 20 heavy (non-hydrogen) atoms. The maximum absolute atomic E-state index is 13.8. The van der Waals surface area contributed by atoms with Crippen molar-refractivity contribution in [3.63, 3.8) is 0 Å². The van der Waals surface area contributed by atoms with Crippen molar-refractivity contribution in [2.45, 2.75) is 25.8 Å². The topological polar surface area (TPSA) is 25.2 Å². The Balaban J connectivity index is 2.21. The van der Waals surface area contributed by atoms with Crippen LogP contribution in [-0.2, 0) is 6.42 Å². The first-order valence-electron chi connectivity index (χ1n) is 6.52. The average molecular weight is 344 g/mol. The summed E-state index contributed by atoms with van der Waals surface area (Å²) in [7, 11) is 0. The Hall–Kier alpha value is -1.20. The summed E-state index contributed by atoms with van der Waals surface area (Å²) in [4.78, 5) is 0. The molecule has 1 aromatic carbocycles. The summed E-state index contributed by atoms with van der Waals surface area (Å²) >= 11 is 3.41. The molecule has 0 saturated carbocycles. The van der Waals surface area contributed by atoms with Crippen LogP contribution in [0.4, 0.5) is 8.78 Å². The molecule has 1 unspecified atom stereocenters. The van der Waals surface area contributed by atoms with Crippen LogP contribution in [0.2, 0.25) is 0 Å². The smallest absolute Gasteiger partial charge is 0.135 e. The van der Waals surface area contributed by atoms with E-state index < -0.39 is 11.6 Å². The van der Waals surface area contributed by atoms with E-state index in [2.05, 4.69) is 28.2 Å². The number of furan rings is 1. The second-order valence-corrected chi connectivity index (χ2v) is 5.43. The van der Waals surface area contributed by atoms with Gasteiger partial charge in [0.1, 0.15) is 17.4 Å². The Morgan fingerprint density at radius 2 is 2.10 bits per heavy atom. The standard InChI is InChI=1S/C15H16BrF2NO/c1-2-6-19-14(15-12(16)5-7-20-15)8-10-3-4-11(17)9-13(10)18/h3-5,7,9,14,19H,2,6,8H2,1H3. The second-order valence-electron chi connectivity index (χ2n) is 4.58. The van der Waals surface area contributed by atoms with E-state index in [1.807, 2.05) is 0 Å². The van der Waals surface area contributed by atoms with Gasteiger partial charge in [0.05, 0.1) is 16.8 Å². The minimum absolute atomic E-state index is 0.153. The van der Waals surface area contributed by atoms with Crippen LogP contribution in [0.15, 0.2) is 39.4 Å². The van der Waals surface area contributed by atoms with Crippen LogP contribution in [-0.4, -0.2) is 6.54 Å². The monoisotopic (exact) mass is 343 g/mol. The van der Waals surface area contributed by atoms with Gasteiger partial charge in [-0.15, -0.1) is 0 Å². The van der Waals surface area contributed by atoms with E-state index in [1.165, 1.54) is 12.1 Å². The van der Waals surface area contributed by atoms with Crippen LogP contribution in [0.5, 0.6) is 0 Å². The zero-order valence-electron chi connectivity index (χ0n) is 11.1. The molecule has 0 aliphatic rings. The highest BCUT2D eigenvalue weighted by atomic mass is 79.9. The molecule has 0 aliphatic heterocycles. The van der Waals surface area contributed by atoms with E-state index in [0.29, 0.717) is 12.0 Å². The quantitative estimate of drug-likeness (QED) is 0.828. The van der Waals surface area contributed by atoms with Crippen molar-refractivity contribution in [3.05, 3.63) is 58.0 Å². The Labute approximate surface area is 125 Å². The van der Waals surface area contributed by atoms with Gasteiger partial charge in [-0.05, 0) is 53.0 Å². The highest BCUT2D eigenvalue weighted by Gasteiger charge is 2.19. The Kier molecular flexibility index (Phi) is 5.31. The van der Waals surface area contributed by atoms with Gasteiger partial charge < -0.3 is 9.73 Å². The van der Waals surface area contributed by atoms with E-state index in [9.17, 15) is 8.78 Å². The number of hydrogen-bond donors (Lipinski definition) is 1. The molecule has 1 heterocycles. The molecule has 1 N–H and O–H groups in total.